The number of aliphatic hydroxyl groups is 1. The standard InChI is InChI=1S/C12H16ClFN2O/c1-8-4-10(17)2-3-16(8)12-11(13)5-9(6-14)7-15-12/h5,7-8,10,17H,2-4,6H2,1H3/t8?,10-/m0/s1. The molecular formula is C12H16ClFN2O. The Bertz CT molecular complexity index is 402. The highest BCUT2D eigenvalue weighted by molar-refractivity contribution is 6.33. The van der Waals surface area contributed by atoms with Crippen LogP contribution in [0, 0.1) is 0 Å². The molecule has 0 radical (unpaired) electrons. The van der Waals surface area contributed by atoms with Crippen molar-refractivity contribution in [2.24, 2.45) is 0 Å². The summed E-state index contributed by atoms with van der Waals surface area (Å²) in [6, 6.07) is 1.81. The van der Waals surface area contributed by atoms with Crippen molar-refractivity contribution in [3.63, 3.8) is 0 Å². The van der Waals surface area contributed by atoms with E-state index in [9.17, 15) is 9.50 Å². The summed E-state index contributed by atoms with van der Waals surface area (Å²) in [6.45, 7) is 2.20. The van der Waals surface area contributed by atoms with Crippen LogP contribution in [-0.4, -0.2) is 28.8 Å². The number of anilines is 1. The summed E-state index contributed by atoms with van der Waals surface area (Å²) in [7, 11) is 0. The third-order valence-electron chi connectivity index (χ3n) is 3.15. The van der Waals surface area contributed by atoms with E-state index in [1.54, 1.807) is 6.07 Å². The van der Waals surface area contributed by atoms with E-state index in [1.807, 2.05) is 6.92 Å². The molecule has 1 aromatic rings. The minimum atomic E-state index is -0.554. The summed E-state index contributed by atoms with van der Waals surface area (Å²) in [5, 5.41) is 10.0. The molecule has 0 bridgehead atoms. The van der Waals surface area contributed by atoms with E-state index < -0.39 is 6.67 Å². The number of aliphatic hydroxyl groups excluding tert-OH is 1. The molecule has 0 spiro atoms. The number of alkyl halides is 1. The highest BCUT2D eigenvalue weighted by Gasteiger charge is 2.26. The Labute approximate surface area is 105 Å². The summed E-state index contributed by atoms with van der Waals surface area (Å²) in [4.78, 5) is 6.29. The topological polar surface area (TPSA) is 36.4 Å². The third-order valence-corrected chi connectivity index (χ3v) is 3.43. The first-order valence-corrected chi connectivity index (χ1v) is 6.14. The zero-order valence-electron chi connectivity index (χ0n) is 9.74. The molecule has 1 unspecified atom stereocenters. The second-order valence-corrected chi connectivity index (χ2v) is 4.91. The Balaban J connectivity index is 2.22. The average Bonchev–Trinajstić information content (AvgIpc) is 2.30. The van der Waals surface area contributed by atoms with Crippen LogP contribution in [0.4, 0.5) is 10.2 Å². The summed E-state index contributed by atoms with van der Waals surface area (Å²) >= 11 is 6.11. The van der Waals surface area contributed by atoms with Crippen molar-refractivity contribution < 1.29 is 9.50 Å². The number of halogens is 2. The minimum Gasteiger partial charge on any atom is -0.393 e. The van der Waals surface area contributed by atoms with Gasteiger partial charge in [-0.15, -0.1) is 0 Å². The zero-order chi connectivity index (χ0) is 12.4. The van der Waals surface area contributed by atoms with Gasteiger partial charge in [-0.25, -0.2) is 9.37 Å². The van der Waals surface area contributed by atoms with Gasteiger partial charge in [0.25, 0.3) is 0 Å². The molecule has 0 saturated carbocycles. The van der Waals surface area contributed by atoms with E-state index >= 15 is 0 Å². The van der Waals surface area contributed by atoms with Crippen LogP contribution < -0.4 is 4.90 Å². The molecule has 2 heterocycles. The summed E-state index contributed by atoms with van der Waals surface area (Å²) in [6.07, 6.45) is 2.69. The second kappa shape index (κ2) is 5.19. The molecule has 1 aromatic heterocycles. The number of hydrogen-bond acceptors (Lipinski definition) is 3. The van der Waals surface area contributed by atoms with Gasteiger partial charge in [0, 0.05) is 24.3 Å². The zero-order valence-corrected chi connectivity index (χ0v) is 10.5. The van der Waals surface area contributed by atoms with Gasteiger partial charge in [-0.2, -0.15) is 0 Å². The predicted molar refractivity (Wildman–Crippen MR) is 66.1 cm³/mol. The van der Waals surface area contributed by atoms with Crippen LogP contribution in [0.15, 0.2) is 12.3 Å². The van der Waals surface area contributed by atoms with Gasteiger partial charge in [-0.3, -0.25) is 0 Å². The number of rotatable bonds is 2. The summed E-state index contributed by atoms with van der Waals surface area (Å²) in [5.74, 6) is 0.684. The molecule has 0 aliphatic carbocycles. The van der Waals surface area contributed by atoms with Crippen molar-refractivity contribution in [2.45, 2.75) is 38.6 Å². The largest absolute Gasteiger partial charge is 0.393 e. The van der Waals surface area contributed by atoms with Crippen molar-refractivity contribution in [3.8, 4) is 0 Å². The maximum atomic E-state index is 12.5. The molecule has 1 saturated heterocycles. The average molecular weight is 259 g/mol. The van der Waals surface area contributed by atoms with E-state index in [1.165, 1.54) is 6.20 Å². The minimum absolute atomic E-state index is 0.194. The van der Waals surface area contributed by atoms with Gasteiger partial charge in [0.1, 0.15) is 12.5 Å². The van der Waals surface area contributed by atoms with E-state index in [-0.39, 0.29) is 12.1 Å². The normalized spacial score (nSPS) is 25.1. The summed E-state index contributed by atoms with van der Waals surface area (Å²) < 4.78 is 12.5. The fourth-order valence-corrected chi connectivity index (χ4v) is 2.51. The summed E-state index contributed by atoms with van der Waals surface area (Å²) in [5.41, 5.74) is 0.489. The van der Waals surface area contributed by atoms with Crippen LogP contribution in [0.1, 0.15) is 25.3 Å². The maximum absolute atomic E-state index is 12.5. The number of hydrogen-bond donors (Lipinski definition) is 1. The Kier molecular flexibility index (Phi) is 3.84. The van der Waals surface area contributed by atoms with Crippen LogP contribution in [0.3, 0.4) is 0 Å². The van der Waals surface area contributed by atoms with Gasteiger partial charge in [-0.1, -0.05) is 11.6 Å². The number of piperidine rings is 1. The van der Waals surface area contributed by atoms with Gasteiger partial charge in [0.2, 0.25) is 0 Å². The molecule has 5 heteroatoms. The highest BCUT2D eigenvalue weighted by Crippen LogP contribution is 2.29. The first-order chi connectivity index (χ1) is 8.11. The number of pyridine rings is 1. The van der Waals surface area contributed by atoms with Gasteiger partial charge < -0.3 is 10.0 Å². The Morgan fingerprint density at radius 3 is 3.00 bits per heavy atom. The fourth-order valence-electron chi connectivity index (χ4n) is 2.22. The van der Waals surface area contributed by atoms with Crippen LogP contribution in [0.2, 0.25) is 5.02 Å². The molecule has 2 atom stereocenters. The highest BCUT2D eigenvalue weighted by atomic mass is 35.5. The van der Waals surface area contributed by atoms with Crippen molar-refractivity contribution in [1.29, 1.82) is 0 Å². The van der Waals surface area contributed by atoms with Gasteiger partial charge in [0.15, 0.2) is 0 Å². The van der Waals surface area contributed by atoms with Crippen molar-refractivity contribution in [1.82, 2.24) is 4.98 Å². The molecule has 0 aromatic carbocycles. The van der Waals surface area contributed by atoms with Crippen molar-refractivity contribution >= 4 is 17.4 Å². The molecule has 1 fully saturated rings. The Morgan fingerprint density at radius 1 is 1.65 bits per heavy atom. The van der Waals surface area contributed by atoms with Crippen LogP contribution >= 0.6 is 11.6 Å². The third kappa shape index (κ3) is 2.69. The van der Waals surface area contributed by atoms with E-state index in [0.717, 1.165) is 6.54 Å². The molecule has 1 N–H and O–H groups in total. The molecule has 2 rings (SSSR count). The first-order valence-electron chi connectivity index (χ1n) is 5.77. The van der Waals surface area contributed by atoms with E-state index in [4.69, 9.17) is 11.6 Å². The van der Waals surface area contributed by atoms with Gasteiger partial charge in [-0.05, 0) is 25.8 Å². The van der Waals surface area contributed by atoms with E-state index in [0.29, 0.717) is 29.2 Å². The second-order valence-electron chi connectivity index (χ2n) is 4.50. The lowest BCUT2D eigenvalue weighted by Gasteiger charge is -2.37. The molecular weight excluding hydrogens is 243 g/mol. The Morgan fingerprint density at radius 2 is 2.41 bits per heavy atom. The first kappa shape index (κ1) is 12.6. The van der Waals surface area contributed by atoms with Crippen LogP contribution in [0.25, 0.3) is 0 Å². The lowest BCUT2D eigenvalue weighted by molar-refractivity contribution is 0.131. The maximum Gasteiger partial charge on any atom is 0.147 e. The Hall–Kier alpha value is -0.870. The molecule has 0 amide bonds. The van der Waals surface area contributed by atoms with Crippen molar-refractivity contribution in [2.75, 3.05) is 11.4 Å². The number of aromatic nitrogens is 1. The molecule has 94 valence electrons. The quantitative estimate of drug-likeness (QED) is 0.886. The fraction of sp³-hybridized carbons (Fsp3) is 0.583. The van der Waals surface area contributed by atoms with E-state index in [2.05, 4.69) is 9.88 Å². The lowest BCUT2D eigenvalue weighted by Crippen LogP contribution is -2.43. The molecule has 17 heavy (non-hydrogen) atoms. The predicted octanol–water partition coefficient (Wildman–Crippen LogP) is 2.55. The monoisotopic (exact) mass is 258 g/mol. The van der Waals surface area contributed by atoms with Gasteiger partial charge in [0.05, 0.1) is 11.1 Å². The van der Waals surface area contributed by atoms with Gasteiger partial charge >= 0.3 is 0 Å². The SMILES string of the molecule is CC1C[C@@H](O)CCN1c1ncc(CF)cc1Cl. The molecule has 1 aliphatic heterocycles. The van der Waals surface area contributed by atoms with Crippen LogP contribution in [0.5, 0.6) is 0 Å². The smallest absolute Gasteiger partial charge is 0.147 e. The lowest BCUT2D eigenvalue weighted by atomic mass is 10.0. The van der Waals surface area contributed by atoms with Crippen molar-refractivity contribution in [3.05, 3.63) is 22.8 Å². The number of nitrogens with zero attached hydrogens (tertiary/aromatic N) is 2. The molecule has 3 nitrogen and oxygen atoms in total. The molecule has 1 aliphatic rings. The van der Waals surface area contributed by atoms with Crippen LogP contribution in [-0.2, 0) is 6.67 Å².